The second-order valence-corrected chi connectivity index (χ2v) is 6.58. The van der Waals surface area contributed by atoms with Gasteiger partial charge in [0.15, 0.2) is 0 Å². The van der Waals surface area contributed by atoms with Crippen molar-refractivity contribution in [1.82, 2.24) is 4.90 Å². The lowest BCUT2D eigenvalue weighted by Crippen LogP contribution is -2.40. The molecule has 21 heavy (non-hydrogen) atoms. The lowest BCUT2D eigenvalue weighted by Gasteiger charge is -2.32. The van der Waals surface area contributed by atoms with Crippen LogP contribution in [0.25, 0.3) is 0 Å². The quantitative estimate of drug-likeness (QED) is 0.871. The third-order valence-corrected chi connectivity index (χ3v) is 4.97. The molecule has 1 atom stereocenters. The molecule has 1 aromatic rings. The van der Waals surface area contributed by atoms with Gasteiger partial charge in [-0.05, 0) is 59.3 Å². The molecular weight excluding hydrogens is 358 g/mol. The summed E-state index contributed by atoms with van der Waals surface area (Å²) in [5.74, 6) is -0.549. The van der Waals surface area contributed by atoms with Crippen molar-refractivity contribution in [2.75, 3.05) is 13.1 Å². The predicted molar refractivity (Wildman–Crippen MR) is 84.6 cm³/mol. The van der Waals surface area contributed by atoms with Crippen LogP contribution in [0.15, 0.2) is 22.7 Å². The summed E-state index contributed by atoms with van der Waals surface area (Å²) in [7, 11) is 0. The highest BCUT2D eigenvalue weighted by Crippen LogP contribution is 2.26. The number of nitrogens with zero attached hydrogens (tertiary/aromatic N) is 1. The molecule has 1 aromatic carbocycles. The van der Waals surface area contributed by atoms with Crippen LogP contribution >= 0.6 is 27.5 Å². The van der Waals surface area contributed by atoms with Crippen LogP contribution in [-0.2, 0) is 4.79 Å². The second kappa shape index (κ2) is 7.27. The number of halogens is 2. The zero-order valence-electron chi connectivity index (χ0n) is 11.5. The number of carboxylic acids is 1. The summed E-state index contributed by atoms with van der Waals surface area (Å²) in [5, 5.41) is 9.27. The Morgan fingerprint density at radius 1 is 1.43 bits per heavy atom. The SMILES string of the molecule is O=C(O)CCC1CCCN(C(=O)c2ccc(Br)c(Cl)c2)C1. The second-order valence-electron chi connectivity index (χ2n) is 5.32. The van der Waals surface area contributed by atoms with E-state index in [1.807, 2.05) is 0 Å². The molecule has 0 radical (unpaired) electrons. The Bertz CT molecular complexity index is 550. The minimum absolute atomic E-state index is 0.0376. The molecule has 2 rings (SSSR count). The minimum Gasteiger partial charge on any atom is -0.481 e. The average molecular weight is 375 g/mol. The molecular formula is C15H17BrClNO3. The van der Waals surface area contributed by atoms with E-state index in [0.717, 1.165) is 23.9 Å². The van der Waals surface area contributed by atoms with E-state index in [2.05, 4.69) is 15.9 Å². The number of hydrogen-bond donors (Lipinski definition) is 1. The fourth-order valence-corrected chi connectivity index (χ4v) is 3.05. The van der Waals surface area contributed by atoms with Crippen molar-refractivity contribution in [3.63, 3.8) is 0 Å². The molecule has 1 saturated heterocycles. The Hall–Kier alpha value is -1.07. The number of aliphatic carboxylic acids is 1. The molecule has 0 bridgehead atoms. The number of likely N-dealkylation sites (tertiary alicyclic amines) is 1. The van der Waals surface area contributed by atoms with Gasteiger partial charge < -0.3 is 10.0 Å². The summed E-state index contributed by atoms with van der Waals surface area (Å²) in [4.78, 5) is 24.9. The molecule has 4 nitrogen and oxygen atoms in total. The summed E-state index contributed by atoms with van der Waals surface area (Å²) in [6.07, 6.45) is 2.69. The number of rotatable bonds is 4. The molecule has 1 fully saturated rings. The highest BCUT2D eigenvalue weighted by atomic mass is 79.9. The average Bonchev–Trinajstić information content (AvgIpc) is 2.47. The molecule has 1 heterocycles. The molecule has 114 valence electrons. The standard InChI is InChI=1S/C15H17BrClNO3/c16-12-5-4-11(8-13(12)17)15(21)18-7-1-2-10(9-18)3-6-14(19)20/h4-5,8,10H,1-3,6-7,9H2,(H,19,20). The predicted octanol–water partition coefficient (Wildman–Crippen LogP) is 3.82. The molecule has 0 aromatic heterocycles. The fraction of sp³-hybridized carbons (Fsp3) is 0.467. The number of benzene rings is 1. The van der Waals surface area contributed by atoms with Crippen molar-refractivity contribution in [3.8, 4) is 0 Å². The van der Waals surface area contributed by atoms with Gasteiger partial charge >= 0.3 is 5.97 Å². The summed E-state index contributed by atoms with van der Waals surface area (Å²) < 4.78 is 0.763. The van der Waals surface area contributed by atoms with Gasteiger partial charge in [0.05, 0.1) is 5.02 Å². The minimum atomic E-state index is -0.779. The lowest BCUT2D eigenvalue weighted by atomic mass is 9.93. The van der Waals surface area contributed by atoms with Gasteiger partial charge in [-0.15, -0.1) is 0 Å². The van der Waals surface area contributed by atoms with E-state index >= 15 is 0 Å². The van der Waals surface area contributed by atoms with Crippen LogP contribution in [0.2, 0.25) is 5.02 Å². The van der Waals surface area contributed by atoms with E-state index in [1.165, 1.54) is 0 Å². The summed E-state index contributed by atoms with van der Waals surface area (Å²) in [5.41, 5.74) is 0.571. The highest BCUT2D eigenvalue weighted by Gasteiger charge is 2.25. The lowest BCUT2D eigenvalue weighted by molar-refractivity contribution is -0.137. The molecule has 1 amide bonds. The van der Waals surface area contributed by atoms with Gasteiger partial charge in [0.1, 0.15) is 0 Å². The smallest absolute Gasteiger partial charge is 0.303 e. The van der Waals surface area contributed by atoms with Gasteiger partial charge in [-0.25, -0.2) is 0 Å². The Labute approximate surface area is 137 Å². The first-order valence-corrected chi connectivity index (χ1v) is 8.10. The molecule has 0 spiro atoms. The molecule has 1 aliphatic rings. The van der Waals surface area contributed by atoms with Gasteiger partial charge in [0.2, 0.25) is 0 Å². The van der Waals surface area contributed by atoms with Crippen molar-refractivity contribution in [1.29, 1.82) is 0 Å². The third kappa shape index (κ3) is 4.45. The van der Waals surface area contributed by atoms with E-state index in [4.69, 9.17) is 16.7 Å². The monoisotopic (exact) mass is 373 g/mol. The first-order valence-electron chi connectivity index (χ1n) is 6.93. The Balaban J connectivity index is 2.01. The van der Waals surface area contributed by atoms with Gasteiger partial charge in [0, 0.05) is 29.5 Å². The van der Waals surface area contributed by atoms with Crippen LogP contribution in [0.4, 0.5) is 0 Å². The van der Waals surface area contributed by atoms with Crippen molar-refractivity contribution < 1.29 is 14.7 Å². The van der Waals surface area contributed by atoms with Crippen molar-refractivity contribution in [2.45, 2.75) is 25.7 Å². The number of carboxylic acid groups (broad SMARTS) is 1. The fourth-order valence-electron chi connectivity index (χ4n) is 2.62. The highest BCUT2D eigenvalue weighted by molar-refractivity contribution is 9.10. The third-order valence-electron chi connectivity index (χ3n) is 3.74. The number of hydrogen-bond acceptors (Lipinski definition) is 2. The van der Waals surface area contributed by atoms with E-state index in [0.29, 0.717) is 23.6 Å². The van der Waals surface area contributed by atoms with E-state index < -0.39 is 5.97 Å². The van der Waals surface area contributed by atoms with Gasteiger partial charge in [0.25, 0.3) is 5.91 Å². The first-order chi connectivity index (χ1) is 9.97. The molecule has 0 aliphatic carbocycles. The van der Waals surface area contributed by atoms with Crippen LogP contribution < -0.4 is 0 Å². The zero-order valence-corrected chi connectivity index (χ0v) is 13.9. The van der Waals surface area contributed by atoms with Gasteiger partial charge in [-0.3, -0.25) is 9.59 Å². The number of carbonyl (C=O) groups is 2. The maximum absolute atomic E-state index is 12.5. The van der Waals surface area contributed by atoms with Crippen molar-refractivity contribution in [2.24, 2.45) is 5.92 Å². The first kappa shape index (κ1) is 16.3. The number of amides is 1. The summed E-state index contributed by atoms with van der Waals surface area (Å²) in [6, 6.07) is 5.18. The van der Waals surface area contributed by atoms with Crippen molar-refractivity contribution >= 4 is 39.4 Å². The number of carbonyl (C=O) groups excluding carboxylic acids is 1. The van der Waals surface area contributed by atoms with Crippen LogP contribution in [0, 0.1) is 5.92 Å². The number of piperidine rings is 1. The zero-order chi connectivity index (χ0) is 15.4. The van der Waals surface area contributed by atoms with Crippen LogP contribution in [0.5, 0.6) is 0 Å². The van der Waals surface area contributed by atoms with E-state index in [1.54, 1.807) is 23.1 Å². The van der Waals surface area contributed by atoms with Crippen LogP contribution in [-0.4, -0.2) is 35.0 Å². The maximum Gasteiger partial charge on any atom is 0.303 e. The largest absolute Gasteiger partial charge is 0.481 e. The van der Waals surface area contributed by atoms with E-state index in [9.17, 15) is 9.59 Å². The molecule has 0 saturated carbocycles. The van der Waals surface area contributed by atoms with Gasteiger partial charge in [-0.1, -0.05) is 11.6 Å². The Morgan fingerprint density at radius 3 is 2.86 bits per heavy atom. The normalized spacial score (nSPS) is 18.6. The van der Waals surface area contributed by atoms with Crippen molar-refractivity contribution in [3.05, 3.63) is 33.3 Å². The summed E-state index contributed by atoms with van der Waals surface area (Å²) >= 11 is 9.33. The van der Waals surface area contributed by atoms with Crippen LogP contribution in [0.3, 0.4) is 0 Å². The van der Waals surface area contributed by atoms with E-state index in [-0.39, 0.29) is 18.2 Å². The molecule has 1 aliphatic heterocycles. The Kier molecular flexibility index (Phi) is 5.65. The van der Waals surface area contributed by atoms with Crippen LogP contribution in [0.1, 0.15) is 36.0 Å². The maximum atomic E-state index is 12.5. The summed E-state index contributed by atoms with van der Waals surface area (Å²) in [6.45, 7) is 1.34. The Morgan fingerprint density at radius 2 is 2.19 bits per heavy atom. The molecule has 6 heteroatoms. The molecule has 1 unspecified atom stereocenters. The molecule has 1 N–H and O–H groups in total. The van der Waals surface area contributed by atoms with Gasteiger partial charge in [-0.2, -0.15) is 0 Å². The topological polar surface area (TPSA) is 57.6 Å².